The van der Waals surface area contributed by atoms with Crippen molar-refractivity contribution in [1.82, 2.24) is 5.32 Å². The molecule has 3 heteroatoms. The molecule has 1 fully saturated rings. The molecule has 1 saturated heterocycles. The Bertz CT molecular complexity index is 333. The lowest BCUT2D eigenvalue weighted by Gasteiger charge is -2.20. The summed E-state index contributed by atoms with van der Waals surface area (Å²) in [5.74, 6) is 0.514. The summed E-state index contributed by atoms with van der Waals surface area (Å²) in [6.45, 7) is 1.92. The van der Waals surface area contributed by atoms with E-state index < -0.39 is 0 Å². The standard InChI is InChI=1S/C14H20ClNO/c1-16-10-12(9-14-3-2-8-17-14)11-4-6-13(15)7-5-11/h4-7,12,14,16H,2-3,8-10H2,1H3. The molecule has 1 N–H and O–H groups in total. The molecule has 1 aliphatic heterocycles. The van der Waals surface area contributed by atoms with Crippen LogP contribution in [0, 0.1) is 0 Å². The van der Waals surface area contributed by atoms with E-state index in [0.29, 0.717) is 12.0 Å². The zero-order valence-corrected chi connectivity index (χ0v) is 11.0. The molecule has 0 radical (unpaired) electrons. The fourth-order valence-electron chi connectivity index (χ4n) is 2.47. The molecule has 17 heavy (non-hydrogen) atoms. The van der Waals surface area contributed by atoms with Gasteiger partial charge in [-0.1, -0.05) is 23.7 Å². The number of hydrogen-bond acceptors (Lipinski definition) is 2. The molecule has 0 spiro atoms. The summed E-state index contributed by atoms with van der Waals surface area (Å²) in [5, 5.41) is 4.07. The normalized spacial score (nSPS) is 21.6. The smallest absolute Gasteiger partial charge is 0.0582 e. The van der Waals surface area contributed by atoms with Crippen LogP contribution >= 0.6 is 11.6 Å². The van der Waals surface area contributed by atoms with E-state index in [1.807, 2.05) is 19.2 Å². The van der Waals surface area contributed by atoms with Gasteiger partial charge in [0, 0.05) is 18.2 Å². The Labute approximate surface area is 108 Å². The number of halogens is 1. The molecule has 1 aliphatic rings. The Morgan fingerprint density at radius 1 is 1.41 bits per heavy atom. The first-order valence-electron chi connectivity index (χ1n) is 6.31. The highest BCUT2D eigenvalue weighted by Gasteiger charge is 2.21. The van der Waals surface area contributed by atoms with Crippen molar-refractivity contribution < 1.29 is 4.74 Å². The van der Waals surface area contributed by atoms with Crippen molar-refractivity contribution in [1.29, 1.82) is 0 Å². The third-order valence-corrected chi connectivity index (χ3v) is 3.62. The molecule has 1 heterocycles. The Balaban J connectivity index is 2.02. The van der Waals surface area contributed by atoms with Crippen molar-refractivity contribution in [3.8, 4) is 0 Å². The van der Waals surface area contributed by atoms with Gasteiger partial charge in [0.05, 0.1) is 6.10 Å². The van der Waals surface area contributed by atoms with Gasteiger partial charge < -0.3 is 10.1 Å². The quantitative estimate of drug-likeness (QED) is 0.870. The van der Waals surface area contributed by atoms with Gasteiger partial charge in [-0.3, -0.25) is 0 Å². The zero-order valence-electron chi connectivity index (χ0n) is 10.3. The maximum atomic E-state index is 5.92. The fourth-order valence-corrected chi connectivity index (χ4v) is 2.59. The summed E-state index contributed by atoms with van der Waals surface area (Å²) in [4.78, 5) is 0. The molecule has 1 aromatic carbocycles. The number of nitrogens with one attached hydrogen (secondary N) is 1. The van der Waals surface area contributed by atoms with Crippen LogP contribution in [-0.2, 0) is 4.74 Å². The predicted molar refractivity (Wildman–Crippen MR) is 71.7 cm³/mol. The van der Waals surface area contributed by atoms with Crippen LogP contribution in [0.3, 0.4) is 0 Å². The molecule has 2 nitrogen and oxygen atoms in total. The minimum absolute atomic E-state index is 0.434. The first kappa shape index (κ1) is 12.9. The SMILES string of the molecule is CNCC(CC1CCCO1)c1ccc(Cl)cc1. The van der Waals surface area contributed by atoms with Gasteiger partial charge in [-0.05, 0) is 49.9 Å². The second kappa shape index (κ2) is 6.39. The van der Waals surface area contributed by atoms with Gasteiger partial charge in [0.25, 0.3) is 0 Å². The van der Waals surface area contributed by atoms with Gasteiger partial charge in [0.15, 0.2) is 0 Å². The maximum absolute atomic E-state index is 5.92. The molecule has 2 atom stereocenters. The predicted octanol–water partition coefficient (Wildman–Crippen LogP) is 3.21. The third kappa shape index (κ3) is 3.70. The Morgan fingerprint density at radius 3 is 2.76 bits per heavy atom. The van der Waals surface area contributed by atoms with Crippen LogP contribution in [0.4, 0.5) is 0 Å². The largest absolute Gasteiger partial charge is 0.378 e. The minimum Gasteiger partial charge on any atom is -0.378 e. The van der Waals surface area contributed by atoms with Crippen LogP contribution in [0.1, 0.15) is 30.7 Å². The molecule has 2 unspecified atom stereocenters. The van der Waals surface area contributed by atoms with E-state index in [1.54, 1.807) is 0 Å². The number of hydrogen-bond donors (Lipinski definition) is 1. The van der Waals surface area contributed by atoms with Crippen molar-refractivity contribution in [2.24, 2.45) is 0 Å². The Kier molecular flexibility index (Phi) is 4.84. The summed E-state index contributed by atoms with van der Waals surface area (Å²) in [5.41, 5.74) is 1.35. The molecule has 0 aromatic heterocycles. The van der Waals surface area contributed by atoms with E-state index >= 15 is 0 Å². The van der Waals surface area contributed by atoms with Crippen molar-refractivity contribution in [2.75, 3.05) is 20.2 Å². The molecule has 1 aromatic rings. The molecule has 2 rings (SSSR count). The number of likely N-dealkylation sites (N-methyl/N-ethyl adjacent to an activating group) is 1. The summed E-state index contributed by atoms with van der Waals surface area (Å²) in [6.07, 6.45) is 3.94. The van der Waals surface area contributed by atoms with Crippen molar-refractivity contribution in [3.63, 3.8) is 0 Å². The van der Waals surface area contributed by atoms with Crippen LogP contribution < -0.4 is 5.32 Å². The monoisotopic (exact) mass is 253 g/mol. The van der Waals surface area contributed by atoms with Crippen molar-refractivity contribution in [2.45, 2.75) is 31.3 Å². The van der Waals surface area contributed by atoms with Gasteiger partial charge in [-0.25, -0.2) is 0 Å². The summed E-state index contributed by atoms with van der Waals surface area (Å²) >= 11 is 5.92. The summed E-state index contributed by atoms with van der Waals surface area (Å²) < 4.78 is 5.72. The average molecular weight is 254 g/mol. The first-order valence-corrected chi connectivity index (χ1v) is 6.69. The lowest BCUT2D eigenvalue weighted by Crippen LogP contribution is -2.21. The highest BCUT2D eigenvalue weighted by Crippen LogP contribution is 2.27. The highest BCUT2D eigenvalue weighted by molar-refractivity contribution is 6.30. The minimum atomic E-state index is 0.434. The lowest BCUT2D eigenvalue weighted by molar-refractivity contribution is 0.0978. The average Bonchev–Trinajstić information content (AvgIpc) is 2.82. The highest BCUT2D eigenvalue weighted by atomic mass is 35.5. The summed E-state index contributed by atoms with van der Waals surface area (Å²) in [6, 6.07) is 8.18. The Morgan fingerprint density at radius 2 is 2.18 bits per heavy atom. The number of rotatable bonds is 5. The van der Waals surface area contributed by atoms with Crippen LogP contribution in [0.2, 0.25) is 5.02 Å². The van der Waals surface area contributed by atoms with Gasteiger partial charge in [-0.15, -0.1) is 0 Å². The van der Waals surface area contributed by atoms with Crippen LogP contribution in [0.15, 0.2) is 24.3 Å². The van der Waals surface area contributed by atoms with E-state index in [9.17, 15) is 0 Å². The van der Waals surface area contributed by atoms with Crippen LogP contribution in [0.5, 0.6) is 0 Å². The fraction of sp³-hybridized carbons (Fsp3) is 0.571. The molecule has 0 saturated carbocycles. The first-order chi connectivity index (χ1) is 8.29. The van der Waals surface area contributed by atoms with Gasteiger partial charge >= 0.3 is 0 Å². The second-order valence-corrected chi connectivity index (χ2v) is 5.11. The number of ether oxygens (including phenoxy) is 1. The maximum Gasteiger partial charge on any atom is 0.0582 e. The molecule has 0 amide bonds. The van der Waals surface area contributed by atoms with Crippen LogP contribution in [-0.4, -0.2) is 26.3 Å². The Hall–Kier alpha value is -0.570. The van der Waals surface area contributed by atoms with Crippen molar-refractivity contribution >= 4 is 11.6 Å². The van der Waals surface area contributed by atoms with E-state index in [1.165, 1.54) is 18.4 Å². The van der Waals surface area contributed by atoms with Gasteiger partial charge in [0.1, 0.15) is 0 Å². The lowest BCUT2D eigenvalue weighted by atomic mass is 9.92. The third-order valence-electron chi connectivity index (χ3n) is 3.36. The molecular formula is C14H20ClNO. The number of benzene rings is 1. The van der Waals surface area contributed by atoms with E-state index in [-0.39, 0.29) is 0 Å². The van der Waals surface area contributed by atoms with Gasteiger partial charge in [-0.2, -0.15) is 0 Å². The second-order valence-electron chi connectivity index (χ2n) is 4.68. The van der Waals surface area contributed by atoms with Crippen LogP contribution in [0.25, 0.3) is 0 Å². The van der Waals surface area contributed by atoms with Gasteiger partial charge in [0.2, 0.25) is 0 Å². The molecule has 0 aliphatic carbocycles. The molecule has 94 valence electrons. The topological polar surface area (TPSA) is 21.3 Å². The molecule has 0 bridgehead atoms. The summed E-state index contributed by atoms with van der Waals surface area (Å²) in [7, 11) is 2.00. The van der Waals surface area contributed by atoms with E-state index in [0.717, 1.165) is 24.6 Å². The van der Waals surface area contributed by atoms with E-state index in [4.69, 9.17) is 16.3 Å². The van der Waals surface area contributed by atoms with Crippen molar-refractivity contribution in [3.05, 3.63) is 34.9 Å². The van der Waals surface area contributed by atoms with E-state index in [2.05, 4.69) is 17.4 Å². The zero-order chi connectivity index (χ0) is 12.1. The molecular weight excluding hydrogens is 234 g/mol.